The molecule has 0 radical (unpaired) electrons. The number of aromatic nitrogens is 2. The molecule has 2 unspecified atom stereocenters. The summed E-state index contributed by atoms with van der Waals surface area (Å²) in [6.07, 6.45) is 3.39. The molecule has 0 aliphatic heterocycles. The van der Waals surface area contributed by atoms with Crippen LogP contribution < -0.4 is 0 Å². The summed E-state index contributed by atoms with van der Waals surface area (Å²) in [5.74, 6) is 0. The van der Waals surface area contributed by atoms with E-state index in [0.717, 1.165) is 12.1 Å². The second kappa shape index (κ2) is 4.42. The third kappa shape index (κ3) is 2.84. The van der Waals surface area contributed by atoms with Crippen LogP contribution in [0, 0.1) is 0 Å². The van der Waals surface area contributed by atoms with Crippen molar-refractivity contribution in [2.45, 2.75) is 45.8 Å². The Morgan fingerprint density at radius 1 is 1.54 bits per heavy atom. The van der Waals surface area contributed by atoms with Gasteiger partial charge in [-0.05, 0) is 26.3 Å². The fourth-order valence-electron chi connectivity index (χ4n) is 1.22. The van der Waals surface area contributed by atoms with Crippen LogP contribution in [0.2, 0.25) is 0 Å². The second-order valence-electron chi connectivity index (χ2n) is 3.60. The highest BCUT2D eigenvalue weighted by Gasteiger charge is 2.06. The molecule has 3 nitrogen and oxygen atoms in total. The lowest BCUT2D eigenvalue weighted by Gasteiger charge is -2.08. The predicted octanol–water partition coefficient (Wildman–Crippen LogP) is 1.78. The van der Waals surface area contributed by atoms with Crippen molar-refractivity contribution in [2.24, 2.45) is 0 Å². The van der Waals surface area contributed by atoms with E-state index in [1.165, 1.54) is 0 Å². The summed E-state index contributed by atoms with van der Waals surface area (Å²) >= 11 is 0. The van der Waals surface area contributed by atoms with E-state index in [1.807, 2.05) is 16.9 Å². The van der Waals surface area contributed by atoms with Crippen LogP contribution >= 0.6 is 0 Å². The topological polar surface area (TPSA) is 38.0 Å². The Bertz CT molecular complexity index is 255. The Balaban J connectivity index is 2.63. The van der Waals surface area contributed by atoms with E-state index < -0.39 is 0 Å². The van der Waals surface area contributed by atoms with Crippen molar-refractivity contribution < 1.29 is 5.11 Å². The van der Waals surface area contributed by atoms with E-state index in [-0.39, 0.29) is 6.10 Å². The van der Waals surface area contributed by atoms with Gasteiger partial charge >= 0.3 is 0 Å². The summed E-state index contributed by atoms with van der Waals surface area (Å²) < 4.78 is 1.96. The van der Waals surface area contributed by atoms with Gasteiger partial charge in [-0.25, -0.2) is 0 Å². The minimum Gasteiger partial charge on any atom is -0.393 e. The van der Waals surface area contributed by atoms with Crippen molar-refractivity contribution in [3.8, 4) is 0 Å². The van der Waals surface area contributed by atoms with Crippen LogP contribution in [0.1, 0.15) is 38.9 Å². The fraction of sp³-hybridized carbons (Fsp3) is 0.700. The standard InChI is InChI=1S/C10H18N2O/c1-4-8(2)12-6-5-10(11-12)7-9(3)13/h5-6,8-9,13H,4,7H2,1-3H3. The first-order valence-electron chi connectivity index (χ1n) is 4.85. The van der Waals surface area contributed by atoms with Crippen LogP contribution in [0.4, 0.5) is 0 Å². The van der Waals surface area contributed by atoms with Gasteiger partial charge in [0, 0.05) is 18.7 Å². The fourth-order valence-corrected chi connectivity index (χ4v) is 1.22. The van der Waals surface area contributed by atoms with Crippen molar-refractivity contribution in [1.29, 1.82) is 0 Å². The highest BCUT2D eigenvalue weighted by Crippen LogP contribution is 2.09. The first kappa shape index (κ1) is 10.3. The summed E-state index contributed by atoms with van der Waals surface area (Å²) in [6, 6.07) is 2.42. The maximum atomic E-state index is 9.16. The lowest BCUT2D eigenvalue weighted by molar-refractivity contribution is 0.194. The molecular formula is C10H18N2O. The number of nitrogens with zero attached hydrogens (tertiary/aromatic N) is 2. The Morgan fingerprint density at radius 2 is 2.23 bits per heavy atom. The molecule has 13 heavy (non-hydrogen) atoms. The average Bonchev–Trinajstić information content (AvgIpc) is 2.50. The summed E-state index contributed by atoms with van der Waals surface area (Å²) in [7, 11) is 0. The highest BCUT2D eigenvalue weighted by molar-refractivity contribution is 5.00. The molecule has 1 aromatic rings. The van der Waals surface area contributed by atoms with E-state index in [2.05, 4.69) is 18.9 Å². The molecular weight excluding hydrogens is 164 g/mol. The van der Waals surface area contributed by atoms with Gasteiger partial charge in [-0.3, -0.25) is 4.68 Å². The van der Waals surface area contributed by atoms with Crippen molar-refractivity contribution in [3.63, 3.8) is 0 Å². The minimum absolute atomic E-state index is 0.305. The van der Waals surface area contributed by atoms with E-state index in [0.29, 0.717) is 12.5 Å². The maximum Gasteiger partial charge on any atom is 0.0650 e. The molecule has 0 bridgehead atoms. The third-order valence-electron chi connectivity index (χ3n) is 2.21. The van der Waals surface area contributed by atoms with E-state index >= 15 is 0 Å². The summed E-state index contributed by atoms with van der Waals surface area (Å²) in [6.45, 7) is 6.06. The van der Waals surface area contributed by atoms with Crippen LogP contribution in [0.3, 0.4) is 0 Å². The lowest BCUT2D eigenvalue weighted by atomic mass is 10.2. The molecule has 0 saturated carbocycles. The SMILES string of the molecule is CCC(C)n1ccc(CC(C)O)n1. The minimum atomic E-state index is -0.305. The van der Waals surface area contributed by atoms with E-state index in [1.54, 1.807) is 6.92 Å². The zero-order valence-electron chi connectivity index (χ0n) is 8.57. The number of hydrogen-bond acceptors (Lipinski definition) is 2. The number of hydrogen-bond donors (Lipinski definition) is 1. The van der Waals surface area contributed by atoms with Crippen LogP contribution in [-0.2, 0) is 6.42 Å². The molecule has 1 heterocycles. The van der Waals surface area contributed by atoms with E-state index in [9.17, 15) is 0 Å². The summed E-state index contributed by atoms with van der Waals surface area (Å²) in [5, 5.41) is 13.5. The lowest BCUT2D eigenvalue weighted by Crippen LogP contribution is -2.08. The zero-order valence-corrected chi connectivity index (χ0v) is 8.57. The second-order valence-corrected chi connectivity index (χ2v) is 3.60. The normalized spacial score (nSPS) is 15.7. The van der Waals surface area contributed by atoms with Gasteiger partial charge in [0.15, 0.2) is 0 Å². The van der Waals surface area contributed by atoms with Crippen molar-refractivity contribution in [1.82, 2.24) is 9.78 Å². The van der Waals surface area contributed by atoms with Gasteiger partial charge in [0.1, 0.15) is 0 Å². The molecule has 74 valence electrons. The largest absolute Gasteiger partial charge is 0.393 e. The van der Waals surface area contributed by atoms with Crippen molar-refractivity contribution in [3.05, 3.63) is 18.0 Å². The van der Waals surface area contributed by atoms with Gasteiger partial charge in [0.2, 0.25) is 0 Å². The Kier molecular flexibility index (Phi) is 3.48. The smallest absolute Gasteiger partial charge is 0.0650 e. The third-order valence-corrected chi connectivity index (χ3v) is 2.21. The van der Waals surface area contributed by atoms with E-state index in [4.69, 9.17) is 5.11 Å². The zero-order chi connectivity index (χ0) is 9.84. The molecule has 0 spiro atoms. The highest BCUT2D eigenvalue weighted by atomic mass is 16.3. The number of aliphatic hydroxyl groups is 1. The van der Waals surface area contributed by atoms with Gasteiger partial charge in [-0.15, -0.1) is 0 Å². The molecule has 1 N–H and O–H groups in total. The van der Waals surface area contributed by atoms with Crippen molar-refractivity contribution >= 4 is 0 Å². The molecule has 0 aliphatic carbocycles. The summed E-state index contributed by atoms with van der Waals surface area (Å²) in [5.41, 5.74) is 0.968. The van der Waals surface area contributed by atoms with Gasteiger partial charge < -0.3 is 5.11 Å². The van der Waals surface area contributed by atoms with Crippen LogP contribution in [0.15, 0.2) is 12.3 Å². The van der Waals surface area contributed by atoms with Crippen molar-refractivity contribution in [2.75, 3.05) is 0 Å². The number of aliphatic hydroxyl groups excluding tert-OH is 1. The van der Waals surface area contributed by atoms with Gasteiger partial charge in [-0.1, -0.05) is 6.92 Å². The Morgan fingerprint density at radius 3 is 2.77 bits per heavy atom. The number of rotatable bonds is 4. The molecule has 0 aromatic carbocycles. The Hall–Kier alpha value is -0.830. The van der Waals surface area contributed by atoms with Crippen LogP contribution in [-0.4, -0.2) is 21.0 Å². The molecule has 0 fully saturated rings. The van der Waals surface area contributed by atoms with Crippen LogP contribution in [0.25, 0.3) is 0 Å². The molecule has 1 rings (SSSR count). The average molecular weight is 182 g/mol. The Labute approximate surface area is 79.4 Å². The first-order chi connectivity index (χ1) is 6.13. The summed E-state index contributed by atoms with van der Waals surface area (Å²) in [4.78, 5) is 0. The molecule has 0 aliphatic rings. The quantitative estimate of drug-likeness (QED) is 0.770. The molecule has 1 aromatic heterocycles. The molecule has 3 heteroatoms. The molecule has 0 amide bonds. The van der Waals surface area contributed by atoms with Gasteiger partial charge in [0.25, 0.3) is 0 Å². The molecule has 0 saturated heterocycles. The maximum absolute atomic E-state index is 9.16. The molecule has 2 atom stereocenters. The first-order valence-corrected chi connectivity index (χ1v) is 4.85. The van der Waals surface area contributed by atoms with Gasteiger partial charge in [0.05, 0.1) is 11.8 Å². The predicted molar refractivity (Wildman–Crippen MR) is 52.6 cm³/mol. The van der Waals surface area contributed by atoms with Gasteiger partial charge in [-0.2, -0.15) is 5.10 Å². The monoisotopic (exact) mass is 182 g/mol. The van der Waals surface area contributed by atoms with Crippen LogP contribution in [0.5, 0.6) is 0 Å².